The van der Waals surface area contributed by atoms with Gasteiger partial charge >= 0.3 is 5.97 Å². The summed E-state index contributed by atoms with van der Waals surface area (Å²) in [5.41, 5.74) is 0. The van der Waals surface area contributed by atoms with E-state index in [1.54, 1.807) is 0 Å². The first-order chi connectivity index (χ1) is 9.20. The van der Waals surface area contributed by atoms with Crippen LogP contribution < -0.4 is 5.32 Å². The smallest absolute Gasteiger partial charge is 0.308 e. The van der Waals surface area contributed by atoms with Crippen molar-refractivity contribution in [1.82, 2.24) is 5.32 Å². The molecule has 108 valence electrons. The van der Waals surface area contributed by atoms with Crippen molar-refractivity contribution in [2.24, 2.45) is 5.92 Å². The van der Waals surface area contributed by atoms with E-state index in [1.807, 2.05) is 6.92 Å². The zero-order chi connectivity index (χ0) is 13.7. The molecule has 1 N–H and O–H groups in total. The molecule has 1 saturated heterocycles. The summed E-state index contributed by atoms with van der Waals surface area (Å²) in [5, 5.41) is 3.04. The second kappa shape index (κ2) is 6.89. The number of rotatable bonds is 4. The largest absolute Gasteiger partial charge is 0.466 e. The Kier molecular flexibility index (Phi) is 5.19. The highest BCUT2D eigenvalue weighted by molar-refractivity contribution is 5.81. The van der Waals surface area contributed by atoms with Gasteiger partial charge in [0.2, 0.25) is 5.91 Å². The van der Waals surface area contributed by atoms with Crippen molar-refractivity contribution in [2.75, 3.05) is 13.2 Å². The van der Waals surface area contributed by atoms with Gasteiger partial charge in [-0.25, -0.2) is 0 Å². The Morgan fingerprint density at radius 2 is 1.95 bits per heavy atom. The molecule has 19 heavy (non-hydrogen) atoms. The molecule has 1 saturated carbocycles. The zero-order valence-corrected chi connectivity index (χ0v) is 11.5. The van der Waals surface area contributed by atoms with Gasteiger partial charge in [-0.15, -0.1) is 0 Å². The lowest BCUT2D eigenvalue weighted by Crippen LogP contribution is -2.43. The number of hydrogen-bond acceptors (Lipinski definition) is 4. The van der Waals surface area contributed by atoms with Crippen LogP contribution in [0.1, 0.15) is 45.4 Å². The highest BCUT2D eigenvalue weighted by Crippen LogP contribution is 2.25. The number of hydrogen-bond donors (Lipinski definition) is 1. The minimum Gasteiger partial charge on any atom is -0.466 e. The number of amides is 1. The van der Waals surface area contributed by atoms with Gasteiger partial charge in [-0.1, -0.05) is 0 Å². The highest BCUT2D eigenvalue weighted by atomic mass is 16.5. The molecule has 1 atom stereocenters. The predicted molar refractivity (Wildman–Crippen MR) is 69.5 cm³/mol. The van der Waals surface area contributed by atoms with Crippen LogP contribution in [0.25, 0.3) is 0 Å². The van der Waals surface area contributed by atoms with Crippen LogP contribution in [0, 0.1) is 5.92 Å². The summed E-state index contributed by atoms with van der Waals surface area (Å²) in [7, 11) is 0. The van der Waals surface area contributed by atoms with Gasteiger partial charge in [0.15, 0.2) is 0 Å². The first kappa shape index (κ1) is 14.3. The van der Waals surface area contributed by atoms with Crippen molar-refractivity contribution in [3.63, 3.8) is 0 Å². The van der Waals surface area contributed by atoms with Gasteiger partial charge in [-0.05, 0) is 45.4 Å². The average Bonchev–Trinajstić information content (AvgIpc) is 2.94. The highest BCUT2D eigenvalue weighted by Gasteiger charge is 2.30. The molecule has 5 heteroatoms. The Bertz CT molecular complexity index is 317. The van der Waals surface area contributed by atoms with Crippen molar-refractivity contribution in [3.05, 3.63) is 0 Å². The van der Waals surface area contributed by atoms with Gasteiger partial charge in [0.25, 0.3) is 0 Å². The monoisotopic (exact) mass is 269 g/mol. The molecule has 1 heterocycles. The molecule has 0 spiro atoms. The second-order valence-electron chi connectivity index (χ2n) is 5.31. The lowest BCUT2D eigenvalue weighted by Gasteiger charge is -2.28. The van der Waals surface area contributed by atoms with Gasteiger partial charge in [-0.3, -0.25) is 9.59 Å². The summed E-state index contributed by atoms with van der Waals surface area (Å²) in [5.74, 6) is -0.0701. The molecule has 0 radical (unpaired) electrons. The van der Waals surface area contributed by atoms with E-state index in [-0.39, 0.29) is 29.9 Å². The molecule has 5 nitrogen and oxygen atoms in total. The number of carbonyl (C=O) groups is 2. The van der Waals surface area contributed by atoms with E-state index in [2.05, 4.69) is 5.32 Å². The summed E-state index contributed by atoms with van der Waals surface area (Å²) in [6.07, 6.45) is 4.83. The second-order valence-corrected chi connectivity index (χ2v) is 5.31. The van der Waals surface area contributed by atoms with E-state index < -0.39 is 0 Å². The maximum atomic E-state index is 11.9. The molecular formula is C14H23NO4. The van der Waals surface area contributed by atoms with E-state index in [4.69, 9.17) is 9.47 Å². The molecule has 1 aliphatic carbocycles. The van der Waals surface area contributed by atoms with Crippen LogP contribution in [0.4, 0.5) is 0 Å². The van der Waals surface area contributed by atoms with Crippen molar-refractivity contribution < 1.29 is 19.1 Å². The minimum absolute atomic E-state index is 0.0100. The third-order valence-corrected chi connectivity index (χ3v) is 3.92. The Labute approximate surface area is 114 Å². The first-order valence-corrected chi connectivity index (χ1v) is 7.29. The van der Waals surface area contributed by atoms with Crippen LogP contribution in [0.5, 0.6) is 0 Å². The molecule has 1 amide bonds. The molecule has 0 aromatic rings. The lowest BCUT2D eigenvalue weighted by molar-refractivity contribution is -0.149. The van der Waals surface area contributed by atoms with Crippen LogP contribution >= 0.6 is 0 Å². The lowest BCUT2D eigenvalue weighted by atomic mass is 9.86. The normalized spacial score (nSPS) is 30.9. The maximum Gasteiger partial charge on any atom is 0.308 e. The van der Waals surface area contributed by atoms with E-state index in [0.29, 0.717) is 13.2 Å². The Balaban J connectivity index is 1.71. The Morgan fingerprint density at radius 3 is 2.53 bits per heavy atom. The minimum atomic E-state index is -0.261. The molecule has 1 unspecified atom stereocenters. The van der Waals surface area contributed by atoms with Gasteiger partial charge < -0.3 is 14.8 Å². The summed E-state index contributed by atoms with van der Waals surface area (Å²) in [6.45, 7) is 2.95. The number of esters is 1. The first-order valence-electron chi connectivity index (χ1n) is 7.29. The van der Waals surface area contributed by atoms with Crippen LogP contribution in [-0.2, 0) is 19.1 Å². The molecule has 0 bridgehead atoms. The summed E-state index contributed by atoms with van der Waals surface area (Å²) < 4.78 is 10.4. The quantitative estimate of drug-likeness (QED) is 0.784. The molecule has 2 fully saturated rings. The van der Waals surface area contributed by atoms with Crippen molar-refractivity contribution >= 4 is 11.9 Å². The molecule has 0 aromatic heterocycles. The molecule has 0 aromatic carbocycles. The SMILES string of the molecule is CCOC(=O)C1CCC(NC(=O)C2CCCO2)CC1. The van der Waals surface area contributed by atoms with E-state index in [9.17, 15) is 9.59 Å². The van der Waals surface area contributed by atoms with Crippen molar-refractivity contribution in [1.29, 1.82) is 0 Å². The predicted octanol–water partition coefficient (Wildman–Crippen LogP) is 1.40. The molecule has 1 aliphatic heterocycles. The van der Waals surface area contributed by atoms with Crippen molar-refractivity contribution in [3.8, 4) is 0 Å². The van der Waals surface area contributed by atoms with Crippen molar-refractivity contribution in [2.45, 2.75) is 57.6 Å². The number of ether oxygens (including phenoxy) is 2. The van der Waals surface area contributed by atoms with Gasteiger partial charge in [-0.2, -0.15) is 0 Å². The topological polar surface area (TPSA) is 64.6 Å². The molecule has 2 rings (SSSR count). The maximum absolute atomic E-state index is 11.9. The van der Waals surface area contributed by atoms with Crippen LogP contribution in [0.3, 0.4) is 0 Å². The van der Waals surface area contributed by atoms with E-state index in [0.717, 1.165) is 38.5 Å². The standard InChI is InChI=1S/C14H23NO4/c1-2-18-14(17)10-5-7-11(8-6-10)15-13(16)12-4-3-9-19-12/h10-12H,2-9H2,1H3,(H,15,16). The number of nitrogens with one attached hydrogen (secondary N) is 1. The summed E-state index contributed by atoms with van der Waals surface area (Å²) in [6, 6.07) is 0.183. The Hall–Kier alpha value is -1.10. The van der Waals surface area contributed by atoms with Crippen LogP contribution in [0.15, 0.2) is 0 Å². The van der Waals surface area contributed by atoms with E-state index in [1.165, 1.54) is 0 Å². The summed E-state index contributed by atoms with van der Waals surface area (Å²) >= 11 is 0. The average molecular weight is 269 g/mol. The number of carbonyl (C=O) groups excluding carboxylic acids is 2. The van der Waals surface area contributed by atoms with Gasteiger partial charge in [0, 0.05) is 12.6 Å². The molecule has 2 aliphatic rings. The van der Waals surface area contributed by atoms with E-state index >= 15 is 0 Å². The fourth-order valence-electron chi connectivity index (χ4n) is 2.81. The van der Waals surface area contributed by atoms with Gasteiger partial charge in [0.1, 0.15) is 6.10 Å². The fraction of sp³-hybridized carbons (Fsp3) is 0.857. The van der Waals surface area contributed by atoms with Crippen LogP contribution in [-0.4, -0.2) is 37.2 Å². The fourth-order valence-corrected chi connectivity index (χ4v) is 2.81. The third-order valence-electron chi connectivity index (χ3n) is 3.92. The van der Waals surface area contributed by atoms with Crippen LogP contribution in [0.2, 0.25) is 0 Å². The van der Waals surface area contributed by atoms with Gasteiger partial charge in [0.05, 0.1) is 12.5 Å². The Morgan fingerprint density at radius 1 is 1.21 bits per heavy atom. The third kappa shape index (κ3) is 3.93. The zero-order valence-electron chi connectivity index (χ0n) is 11.5. The molecular weight excluding hydrogens is 246 g/mol. The summed E-state index contributed by atoms with van der Waals surface area (Å²) in [4.78, 5) is 23.5.